The van der Waals surface area contributed by atoms with Gasteiger partial charge in [0.15, 0.2) is 0 Å². The zero-order valence-electron chi connectivity index (χ0n) is 15.7. The van der Waals surface area contributed by atoms with Gasteiger partial charge in [-0.05, 0) is 19.9 Å². The Morgan fingerprint density at radius 3 is 2.58 bits per heavy atom. The van der Waals surface area contributed by atoms with Gasteiger partial charge in [-0.15, -0.1) is 0 Å². The summed E-state index contributed by atoms with van der Waals surface area (Å²) in [4.78, 5) is 19.9. The van der Waals surface area contributed by atoms with Gasteiger partial charge >= 0.3 is 0 Å². The lowest BCUT2D eigenvalue weighted by Gasteiger charge is -2.38. The van der Waals surface area contributed by atoms with Gasteiger partial charge in [0.1, 0.15) is 5.82 Å². The number of hydrogen-bond donors (Lipinski definition) is 2. The molecule has 1 unspecified atom stereocenters. The Morgan fingerprint density at radius 1 is 1.08 bits per heavy atom. The van der Waals surface area contributed by atoms with Crippen LogP contribution in [0.15, 0.2) is 30.9 Å². The largest absolute Gasteiger partial charge is 0.366 e. The third-order valence-electron chi connectivity index (χ3n) is 5.52. The van der Waals surface area contributed by atoms with Crippen LogP contribution in [-0.4, -0.2) is 71.7 Å². The van der Waals surface area contributed by atoms with Crippen LogP contribution in [0.2, 0.25) is 0 Å². The second-order valence-corrected chi connectivity index (χ2v) is 7.40. The molecule has 0 bridgehead atoms. The van der Waals surface area contributed by atoms with Gasteiger partial charge in [-0.2, -0.15) is 0 Å². The number of hydrogen-bond acceptors (Lipinski definition) is 6. The Balaban J connectivity index is 1.45. The predicted molar refractivity (Wildman–Crippen MR) is 105 cm³/mol. The van der Waals surface area contributed by atoms with Crippen molar-refractivity contribution in [1.82, 2.24) is 25.2 Å². The highest BCUT2D eigenvalue weighted by molar-refractivity contribution is 5.47. The number of nitrogens with one attached hydrogen (secondary N) is 2. The number of aromatic amines is 1. The Kier molecular flexibility index (Phi) is 5.08. The quantitative estimate of drug-likeness (QED) is 0.866. The maximum absolute atomic E-state index is 4.78. The lowest BCUT2D eigenvalue weighted by molar-refractivity contribution is 0.209. The van der Waals surface area contributed by atoms with Crippen molar-refractivity contribution in [1.29, 1.82) is 0 Å². The Hall–Kier alpha value is -2.12. The first-order chi connectivity index (χ1) is 12.7. The Bertz CT molecular complexity index is 674. The van der Waals surface area contributed by atoms with Crippen molar-refractivity contribution in [3.63, 3.8) is 0 Å². The average molecular weight is 355 g/mol. The molecule has 2 aliphatic heterocycles. The molecule has 2 saturated heterocycles. The number of H-pyrrole nitrogens is 1. The van der Waals surface area contributed by atoms with E-state index >= 15 is 0 Å². The van der Waals surface area contributed by atoms with Crippen molar-refractivity contribution in [2.75, 3.05) is 55.6 Å². The Morgan fingerprint density at radius 2 is 1.92 bits per heavy atom. The smallest absolute Gasteiger partial charge is 0.147 e. The van der Waals surface area contributed by atoms with Crippen LogP contribution >= 0.6 is 0 Å². The van der Waals surface area contributed by atoms with E-state index in [1.807, 2.05) is 24.8 Å². The van der Waals surface area contributed by atoms with Gasteiger partial charge < -0.3 is 20.1 Å². The zero-order valence-corrected chi connectivity index (χ0v) is 15.7. The van der Waals surface area contributed by atoms with Gasteiger partial charge in [0, 0.05) is 64.2 Å². The van der Waals surface area contributed by atoms with Crippen molar-refractivity contribution in [3.8, 4) is 0 Å². The number of nitrogens with zero attached hydrogens (tertiary/aromatic N) is 5. The van der Waals surface area contributed by atoms with Crippen LogP contribution in [0.5, 0.6) is 0 Å². The minimum absolute atomic E-state index is 0.221. The van der Waals surface area contributed by atoms with Gasteiger partial charge in [0.05, 0.1) is 29.8 Å². The molecule has 4 heterocycles. The van der Waals surface area contributed by atoms with E-state index in [-0.39, 0.29) is 6.04 Å². The average Bonchev–Trinajstić information content (AvgIpc) is 3.23. The van der Waals surface area contributed by atoms with Crippen LogP contribution in [0.25, 0.3) is 0 Å². The lowest BCUT2D eigenvalue weighted by Crippen LogP contribution is -2.49. The first-order valence-electron chi connectivity index (χ1n) is 9.63. The highest BCUT2D eigenvalue weighted by atomic mass is 15.3. The molecule has 140 valence electrons. The Labute approximate surface area is 155 Å². The molecule has 2 aromatic rings. The molecule has 0 spiro atoms. The number of rotatable bonds is 4. The van der Waals surface area contributed by atoms with Crippen molar-refractivity contribution < 1.29 is 0 Å². The number of anilines is 2. The van der Waals surface area contributed by atoms with Crippen LogP contribution in [0.3, 0.4) is 0 Å². The fourth-order valence-corrected chi connectivity index (χ4v) is 3.91. The van der Waals surface area contributed by atoms with E-state index in [1.165, 1.54) is 5.69 Å². The third-order valence-corrected chi connectivity index (χ3v) is 5.52. The summed E-state index contributed by atoms with van der Waals surface area (Å²) in [6.45, 7) is 11.6. The first kappa shape index (κ1) is 17.3. The molecule has 2 fully saturated rings. The summed E-state index contributed by atoms with van der Waals surface area (Å²) in [6, 6.07) is 2.96. The van der Waals surface area contributed by atoms with Crippen LogP contribution < -0.4 is 15.1 Å². The van der Waals surface area contributed by atoms with Gasteiger partial charge in [0.25, 0.3) is 0 Å². The van der Waals surface area contributed by atoms with E-state index in [0.717, 1.165) is 57.3 Å². The van der Waals surface area contributed by atoms with Crippen LogP contribution in [0.1, 0.15) is 25.6 Å². The highest BCUT2D eigenvalue weighted by Crippen LogP contribution is 2.27. The standard InChI is InChI=1S/C19H29N7/c1-15(2)24-7-9-25(10-8-24)19-14-22-17(12-23-19)18-13-21-5-6-26(18)16-3-4-20-11-16/h3-4,11-12,14-15,18,20-21H,5-10,13H2,1-2H3. The molecule has 2 N–H and O–H groups in total. The van der Waals surface area contributed by atoms with E-state index < -0.39 is 0 Å². The summed E-state index contributed by atoms with van der Waals surface area (Å²) in [5.41, 5.74) is 2.25. The normalized spacial score (nSPS) is 22.2. The van der Waals surface area contributed by atoms with Crippen LogP contribution in [0.4, 0.5) is 11.5 Å². The molecule has 0 saturated carbocycles. The summed E-state index contributed by atoms with van der Waals surface area (Å²) in [6.07, 6.45) is 7.93. The first-order valence-corrected chi connectivity index (χ1v) is 9.63. The van der Waals surface area contributed by atoms with Gasteiger partial charge in [-0.3, -0.25) is 9.88 Å². The molecule has 4 rings (SSSR count). The summed E-state index contributed by atoms with van der Waals surface area (Å²) < 4.78 is 0. The summed E-state index contributed by atoms with van der Waals surface area (Å²) in [5, 5.41) is 3.48. The topological polar surface area (TPSA) is 63.3 Å². The maximum atomic E-state index is 4.78. The van der Waals surface area contributed by atoms with Gasteiger partial charge in [-0.25, -0.2) is 4.98 Å². The van der Waals surface area contributed by atoms with Crippen molar-refractivity contribution in [3.05, 3.63) is 36.5 Å². The monoisotopic (exact) mass is 355 g/mol. The van der Waals surface area contributed by atoms with Crippen molar-refractivity contribution in [2.24, 2.45) is 0 Å². The SMILES string of the molecule is CC(C)N1CCN(c2cnc(C3CNCCN3c3cc[nH]c3)cn2)CC1. The molecule has 0 amide bonds. The molecule has 1 atom stereocenters. The molecular formula is C19H29N7. The fraction of sp³-hybridized carbons (Fsp3) is 0.579. The minimum atomic E-state index is 0.221. The highest BCUT2D eigenvalue weighted by Gasteiger charge is 2.26. The zero-order chi connectivity index (χ0) is 17.9. The second kappa shape index (κ2) is 7.63. The summed E-state index contributed by atoms with van der Waals surface area (Å²) in [5.74, 6) is 0.995. The minimum Gasteiger partial charge on any atom is -0.366 e. The molecule has 0 aromatic carbocycles. The van der Waals surface area contributed by atoms with Gasteiger partial charge in [-0.1, -0.05) is 0 Å². The molecule has 26 heavy (non-hydrogen) atoms. The molecular weight excluding hydrogens is 326 g/mol. The molecule has 7 nitrogen and oxygen atoms in total. The maximum Gasteiger partial charge on any atom is 0.147 e. The third kappa shape index (κ3) is 3.54. The molecule has 0 radical (unpaired) electrons. The van der Waals surface area contributed by atoms with Crippen molar-refractivity contribution in [2.45, 2.75) is 25.9 Å². The molecule has 0 aliphatic carbocycles. The fourth-order valence-electron chi connectivity index (χ4n) is 3.91. The number of aromatic nitrogens is 3. The summed E-state index contributed by atoms with van der Waals surface area (Å²) >= 11 is 0. The summed E-state index contributed by atoms with van der Waals surface area (Å²) in [7, 11) is 0. The molecule has 7 heteroatoms. The predicted octanol–water partition coefficient (Wildman–Crippen LogP) is 1.49. The van der Waals surface area contributed by atoms with Gasteiger partial charge in [0.2, 0.25) is 0 Å². The molecule has 2 aliphatic rings. The van der Waals surface area contributed by atoms with E-state index in [1.54, 1.807) is 0 Å². The number of piperazine rings is 2. The van der Waals surface area contributed by atoms with E-state index in [2.05, 4.69) is 44.9 Å². The van der Waals surface area contributed by atoms with Crippen LogP contribution in [-0.2, 0) is 0 Å². The van der Waals surface area contributed by atoms with E-state index in [0.29, 0.717) is 6.04 Å². The van der Waals surface area contributed by atoms with E-state index in [9.17, 15) is 0 Å². The van der Waals surface area contributed by atoms with Crippen molar-refractivity contribution >= 4 is 11.5 Å². The molecule has 2 aromatic heterocycles. The second-order valence-electron chi connectivity index (χ2n) is 7.40. The van der Waals surface area contributed by atoms with Crippen LogP contribution in [0, 0.1) is 0 Å². The lowest BCUT2D eigenvalue weighted by atomic mass is 10.1. The van der Waals surface area contributed by atoms with E-state index in [4.69, 9.17) is 9.97 Å².